The molecular weight excluding hydrogens is 288 g/mol. The molecule has 0 spiro atoms. The van der Waals surface area contributed by atoms with Crippen LogP contribution in [0.2, 0.25) is 0 Å². The number of hydrogen-bond donors (Lipinski definition) is 3. The quantitative estimate of drug-likeness (QED) is 0.655. The first kappa shape index (κ1) is 17.6. The van der Waals surface area contributed by atoms with E-state index < -0.39 is 42.6 Å². The number of hydrogen-bond acceptors (Lipinski definition) is 6. The van der Waals surface area contributed by atoms with Gasteiger partial charge in [0.2, 0.25) is 0 Å². The van der Waals surface area contributed by atoms with Crippen molar-refractivity contribution in [2.75, 3.05) is 6.61 Å². The highest BCUT2D eigenvalue weighted by Gasteiger charge is 2.46. The average Bonchev–Trinajstić information content (AvgIpc) is 2.48. The van der Waals surface area contributed by atoms with Gasteiger partial charge < -0.3 is 24.8 Å². The van der Waals surface area contributed by atoms with Crippen molar-refractivity contribution >= 4 is 5.78 Å². The van der Waals surface area contributed by atoms with Crippen molar-refractivity contribution in [3.05, 3.63) is 11.6 Å². The molecule has 22 heavy (non-hydrogen) atoms. The van der Waals surface area contributed by atoms with E-state index in [4.69, 9.17) is 9.47 Å². The summed E-state index contributed by atoms with van der Waals surface area (Å²) in [4.78, 5) is 11.8. The normalized spacial score (nSPS) is 37.1. The molecule has 2 aliphatic rings. The molecule has 1 saturated heterocycles. The summed E-state index contributed by atoms with van der Waals surface area (Å²) in [6, 6.07) is 0. The highest BCUT2D eigenvalue weighted by Crippen LogP contribution is 2.36. The molecule has 0 amide bonds. The Labute approximate surface area is 130 Å². The zero-order valence-electron chi connectivity index (χ0n) is 13.4. The minimum absolute atomic E-state index is 0.251. The van der Waals surface area contributed by atoms with Gasteiger partial charge in [-0.1, -0.05) is 11.6 Å². The summed E-state index contributed by atoms with van der Waals surface area (Å²) in [5, 5.41) is 28.8. The Bertz CT molecular complexity index is 444. The number of carbonyl (C=O) groups excluding carboxylic acids is 1. The van der Waals surface area contributed by atoms with Gasteiger partial charge in [0.1, 0.15) is 12.2 Å². The SMILES string of the molecule is CC1=CC[C@@H](C(C)(C)O[C@@H]2O[C@H](CO)[C@@H](O)C(=O)[C@H]2O)CC1. The average molecular weight is 314 g/mol. The molecular formula is C16H26O6. The second-order valence-corrected chi connectivity index (χ2v) is 6.76. The monoisotopic (exact) mass is 314 g/mol. The molecule has 1 fully saturated rings. The predicted octanol–water partition coefficient (Wildman–Crippen LogP) is 0.536. The van der Waals surface area contributed by atoms with Crippen LogP contribution in [0.1, 0.15) is 40.0 Å². The second-order valence-electron chi connectivity index (χ2n) is 6.76. The van der Waals surface area contributed by atoms with Crippen molar-refractivity contribution in [1.82, 2.24) is 0 Å². The van der Waals surface area contributed by atoms with Crippen molar-refractivity contribution in [1.29, 1.82) is 0 Å². The Morgan fingerprint density at radius 2 is 2.05 bits per heavy atom. The number of carbonyl (C=O) groups is 1. The van der Waals surface area contributed by atoms with Gasteiger partial charge in [0, 0.05) is 0 Å². The Balaban J connectivity index is 2.06. The van der Waals surface area contributed by atoms with Crippen LogP contribution in [0, 0.1) is 5.92 Å². The van der Waals surface area contributed by atoms with E-state index in [1.807, 2.05) is 13.8 Å². The largest absolute Gasteiger partial charge is 0.394 e. The van der Waals surface area contributed by atoms with Gasteiger partial charge in [0.25, 0.3) is 0 Å². The molecule has 0 radical (unpaired) electrons. The van der Waals surface area contributed by atoms with Gasteiger partial charge in [-0.15, -0.1) is 0 Å². The Kier molecular flexibility index (Phi) is 5.40. The molecule has 1 heterocycles. The number of aliphatic hydroxyl groups excluding tert-OH is 3. The van der Waals surface area contributed by atoms with E-state index in [-0.39, 0.29) is 5.92 Å². The molecule has 3 N–H and O–H groups in total. The van der Waals surface area contributed by atoms with Gasteiger partial charge >= 0.3 is 0 Å². The molecule has 0 saturated carbocycles. The van der Waals surface area contributed by atoms with Gasteiger partial charge in [-0.2, -0.15) is 0 Å². The van der Waals surface area contributed by atoms with Crippen LogP contribution < -0.4 is 0 Å². The first-order chi connectivity index (χ1) is 10.3. The number of allylic oxidation sites excluding steroid dienone is 2. The van der Waals surface area contributed by atoms with Crippen LogP contribution in [0.25, 0.3) is 0 Å². The predicted molar refractivity (Wildman–Crippen MR) is 79.0 cm³/mol. The lowest BCUT2D eigenvalue weighted by atomic mass is 9.79. The third-order valence-corrected chi connectivity index (χ3v) is 4.72. The van der Waals surface area contributed by atoms with Crippen LogP contribution in [-0.2, 0) is 14.3 Å². The lowest BCUT2D eigenvalue weighted by Gasteiger charge is -2.42. The molecule has 126 valence electrons. The molecule has 0 unspecified atom stereocenters. The Hall–Kier alpha value is -0.790. The van der Waals surface area contributed by atoms with Gasteiger partial charge in [-0.3, -0.25) is 4.79 Å². The summed E-state index contributed by atoms with van der Waals surface area (Å²) in [6.45, 7) is 5.41. The number of rotatable bonds is 4. The third kappa shape index (κ3) is 3.58. The second kappa shape index (κ2) is 6.76. The van der Waals surface area contributed by atoms with Crippen molar-refractivity contribution in [2.45, 2.75) is 70.2 Å². The van der Waals surface area contributed by atoms with Gasteiger partial charge in [0.05, 0.1) is 12.2 Å². The molecule has 6 nitrogen and oxygen atoms in total. The summed E-state index contributed by atoms with van der Waals surface area (Å²) in [5.74, 6) is -0.521. The maximum Gasteiger partial charge on any atom is 0.197 e. The number of ether oxygens (including phenoxy) is 2. The van der Waals surface area contributed by atoms with Crippen LogP contribution in [-0.4, -0.2) is 57.9 Å². The molecule has 5 atom stereocenters. The summed E-state index contributed by atoms with van der Waals surface area (Å²) >= 11 is 0. The maximum absolute atomic E-state index is 11.8. The van der Waals surface area contributed by atoms with E-state index in [1.165, 1.54) is 5.57 Å². The molecule has 0 aromatic carbocycles. The van der Waals surface area contributed by atoms with E-state index >= 15 is 0 Å². The highest BCUT2D eigenvalue weighted by molar-refractivity contribution is 5.88. The fourth-order valence-corrected chi connectivity index (χ4v) is 3.04. The van der Waals surface area contributed by atoms with E-state index in [0.717, 1.165) is 19.3 Å². The molecule has 6 heteroatoms. The van der Waals surface area contributed by atoms with Gasteiger partial charge in [-0.25, -0.2) is 0 Å². The first-order valence-electron chi connectivity index (χ1n) is 7.76. The minimum Gasteiger partial charge on any atom is -0.394 e. The first-order valence-corrected chi connectivity index (χ1v) is 7.76. The number of aliphatic hydroxyl groups is 3. The molecule has 0 bridgehead atoms. The van der Waals surface area contributed by atoms with Gasteiger partial charge in [0.15, 0.2) is 18.2 Å². The van der Waals surface area contributed by atoms with Crippen LogP contribution in [0.15, 0.2) is 11.6 Å². The van der Waals surface area contributed by atoms with Crippen molar-refractivity contribution in [2.24, 2.45) is 5.92 Å². The van der Waals surface area contributed by atoms with Gasteiger partial charge in [-0.05, 0) is 46.0 Å². The van der Waals surface area contributed by atoms with Crippen LogP contribution >= 0.6 is 0 Å². The lowest BCUT2D eigenvalue weighted by Crippen LogP contribution is -2.58. The summed E-state index contributed by atoms with van der Waals surface area (Å²) in [5.41, 5.74) is 0.769. The fraction of sp³-hybridized carbons (Fsp3) is 0.812. The van der Waals surface area contributed by atoms with Crippen molar-refractivity contribution < 1.29 is 29.6 Å². The molecule has 1 aliphatic carbocycles. The topological polar surface area (TPSA) is 96.2 Å². The third-order valence-electron chi connectivity index (χ3n) is 4.72. The smallest absolute Gasteiger partial charge is 0.197 e. The van der Waals surface area contributed by atoms with E-state index in [1.54, 1.807) is 0 Å². The standard InChI is InChI=1S/C16H26O6/c1-9-4-6-10(7-5-9)16(2,3)22-15-14(20)13(19)12(18)11(8-17)21-15/h4,10-12,14-15,17-18,20H,5-8H2,1-3H3/t10-,11-,12-,14-,15+/m1/s1. The highest BCUT2D eigenvalue weighted by atomic mass is 16.7. The number of Topliss-reactive ketones (excluding diaryl/α,β-unsaturated/α-hetero) is 1. The molecule has 2 rings (SSSR count). The Morgan fingerprint density at radius 3 is 2.59 bits per heavy atom. The van der Waals surface area contributed by atoms with E-state index in [2.05, 4.69) is 13.0 Å². The zero-order valence-corrected chi connectivity index (χ0v) is 13.4. The lowest BCUT2D eigenvalue weighted by molar-refractivity contribution is -0.290. The summed E-state index contributed by atoms with van der Waals surface area (Å²) in [7, 11) is 0. The van der Waals surface area contributed by atoms with E-state index in [0.29, 0.717) is 0 Å². The van der Waals surface area contributed by atoms with Crippen LogP contribution in [0.3, 0.4) is 0 Å². The minimum atomic E-state index is -1.54. The fourth-order valence-electron chi connectivity index (χ4n) is 3.04. The molecule has 0 aromatic heterocycles. The van der Waals surface area contributed by atoms with Crippen LogP contribution in [0.4, 0.5) is 0 Å². The molecule has 0 aromatic rings. The van der Waals surface area contributed by atoms with Crippen molar-refractivity contribution in [3.63, 3.8) is 0 Å². The van der Waals surface area contributed by atoms with Crippen LogP contribution in [0.5, 0.6) is 0 Å². The van der Waals surface area contributed by atoms with Crippen molar-refractivity contribution in [3.8, 4) is 0 Å². The number of ketones is 1. The zero-order chi connectivity index (χ0) is 16.5. The summed E-state index contributed by atoms with van der Waals surface area (Å²) in [6.07, 6.45) is -0.271. The summed E-state index contributed by atoms with van der Waals surface area (Å²) < 4.78 is 11.2. The van der Waals surface area contributed by atoms with E-state index in [9.17, 15) is 20.1 Å². The Morgan fingerprint density at radius 1 is 1.36 bits per heavy atom. The molecule has 1 aliphatic heterocycles. The maximum atomic E-state index is 11.8.